The Hall–Kier alpha value is -1.33. The zero-order chi connectivity index (χ0) is 15.8. The Kier molecular flexibility index (Phi) is 4.44. The summed E-state index contributed by atoms with van der Waals surface area (Å²) in [7, 11) is -5.26. The summed E-state index contributed by atoms with van der Waals surface area (Å²) in [5.41, 5.74) is -1.78. The van der Waals surface area contributed by atoms with Gasteiger partial charge in [-0.3, -0.25) is 9.78 Å². The van der Waals surface area contributed by atoms with Gasteiger partial charge in [0.15, 0.2) is 0 Å². The maximum absolute atomic E-state index is 11.6. The van der Waals surface area contributed by atoms with Crippen LogP contribution in [0, 0.1) is 0 Å². The van der Waals surface area contributed by atoms with Gasteiger partial charge in [0.25, 0.3) is 5.56 Å². The summed E-state index contributed by atoms with van der Waals surface area (Å²) >= 11 is 0. The second-order valence-corrected chi connectivity index (χ2v) is 5.50. The van der Waals surface area contributed by atoms with Crippen LogP contribution in [0.1, 0.15) is 11.7 Å². The highest BCUT2D eigenvalue weighted by molar-refractivity contribution is 7.43. The molecule has 2 rings (SSSR count). The first-order chi connectivity index (χ1) is 9.69. The van der Waals surface area contributed by atoms with Crippen LogP contribution in [0.15, 0.2) is 15.8 Å². The predicted octanol–water partition coefficient (Wildman–Crippen LogP) is -3.93. The Morgan fingerprint density at radius 3 is 2.57 bits per heavy atom. The number of nitrogens with one attached hydrogen (secondary N) is 2. The average Bonchev–Trinajstić information content (AvgIpc) is 2.64. The van der Waals surface area contributed by atoms with Crippen molar-refractivity contribution in [3.05, 3.63) is 32.6 Å². The smallest absolute Gasteiger partial charge is 0.325 e. The summed E-state index contributed by atoms with van der Waals surface area (Å²) in [4.78, 5) is 47.3. The van der Waals surface area contributed by atoms with Crippen molar-refractivity contribution in [3.63, 3.8) is 0 Å². The van der Waals surface area contributed by atoms with Crippen molar-refractivity contribution in [2.24, 2.45) is 0 Å². The van der Waals surface area contributed by atoms with E-state index in [9.17, 15) is 34.2 Å². The predicted molar refractivity (Wildman–Crippen MR) is 60.9 cm³/mol. The molecule has 0 spiro atoms. The first-order valence-corrected chi connectivity index (χ1v) is 7.15. The highest BCUT2D eigenvalue weighted by atomic mass is 31.2. The van der Waals surface area contributed by atoms with Crippen molar-refractivity contribution in [1.82, 2.24) is 9.97 Å². The van der Waals surface area contributed by atoms with Crippen molar-refractivity contribution >= 4 is 7.82 Å². The molecule has 4 atom stereocenters. The van der Waals surface area contributed by atoms with E-state index in [-0.39, 0.29) is 5.56 Å². The molecule has 0 unspecified atom stereocenters. The molecule has 0 saturated carbocycles. The van der Waals surface area contributed by atoms with Gasteiger partial charge in [0.2, 0.25) is 0 Å². The summed E-state index contributed by atoms with van der Waals surface area (Å²) in [5, 5.41) is 19.5. The molecule has 11 nitrogen and oxygen atoms in total. The third-order valence-corrected chi connectivity index (χ3v) is 3.38. The third-order valence-electron chi connectivity index (χ3n) is 2.91. The Balaban J connectivity index is 2.18. The lowest BCUT2D eigenvalue weighted by atomic mass is 10.0. The van der Waals surface area contributed by atoms with Gasteiger partial charge < -0.3 is 38.8 Å². The molecule has 1 fully saturated rings. The normalized spacial score (nSPS) is 29.7. The minimum atomic E-state index is -5.26. The quantitative estimate of drug-likeness (QED) is 0.401. The van der Waals surface area contributed by atoms with E-state index in [1.54, 1.807) is 0 Å². The second-order valence-electron chi connectivity index (χ2n) is 4.35. The van der Waals surface area contributed by atoms with Gasteiger partial charge >= 0.3 is 5.69 Å². The van der Waals surface area contributed by atoms with Gasteiger partial charge in [-0.05, 0) is 0 Å². The second kappa shape index (κ2) is 5.81. The van der Waals surface area contributed by atoms with E-state index < -0.39 is 50.1 Å². The van der Waals surface area contributed by atoms with Crippen LogP contribution >= 0.6 is 7.82 Å². The van der Waals surface area contributed by atoms with Gasteiger partial charge in [0, 0.05) is 6.20 Å². The van der Waals surface area contributed by atoms with Gasteiger partial charge in [0.05, 0.1) is 20.0 Å². The third kappa shape index (κ3) is 3.66. The monoisotopic (exact) mass is 322 g/mol. The Bertz CT molecular complexity index is 664. The van der Waals surface area contributed by atoms with Crippen LogP contribution in [0.25, 0.3) is 0 Å². The topological polar surface area (TPSA) is 188 Å². The van der Waals surface area contributed by atoms with Crippen LogP contribution in [0.4, 0.5) is 0 Å². The molecule has 12 heteroatoms. The molecule has 21 heavy (non-hydrogen) atoms. The van der Waals surface area contributed by atoms with E-state index in [4.69, 9.17) is 4.74 Å². The Labute approximate surface area is 116 Å². The fourth-order valence-corrected chi connectivity index (χ4v) is 2.27. The zero-order valence-electron chi connectivity index (χ0n) is 10.3. The van der Waals surface area contributed by atoms with E-state index in [2.05, 4.69) is 9.51 Å². The van der Waals surface area contributed by atoms with E-state index >= 15 is 0 Å². The van der Waals surface area contributed by atoms with Crippen molar-refractivity contribution in [3.8, 4) is 0 Å². The molecular formula is C9H11N2O9P-2. The molecule has 118 valence electrons. The van der Waals surface area contributed by atoms with Crippen molar-refractivity contribution < 1.29 is 33.8 Å². The van der Waals surface area contributed by atoms with Crippen LogP contribution < -0.4 is 21.0 Å². The number of hydrogen-bond donors (Lipinski definition) is 4. The van der Waals surface area contributed by atoms with Gasteiger partial charge in [-0.25, -0.2) is 4.79 Å². The summed E-state index contributed by atoms with van der Waals surface area (Å²) in [5.74, 6) is 0. The number of aliphatic hydroxyl groups excluding tert-OH is 2. The van der Waals surface area contributed by atoms with Crippen LogP contribution in [-0.4, -0.2) is 45.1 Å². The molecule has 4 N–H and O–H groups in total. The van der Waals surface area contributed by atoms with E-state index in [0.29, 0.717) is 0 Å². The SMILES string of the molecule is O=c1[nH]cc([C@@H]2O[C@H](COP(=O)([O-])[O-])[C@@H](O)[C@H]2O)c(=O)[nH]1. The minimum Gasteiger partial charge on any atom is -0.790 e. The van der Waals surface area contributed by atoms with Crippen LogP contribution in [0.2, 0.25) is 0 Å². The molecular weight excluding hydrogens is 311 g/mol. The van der Waals surface area contributed by atoms with Crippen molar-refractivity contribution in [2.75, 3.05) is 6.61 Å². The summed E-state index contributed by atoms with van der Waals surface area (Å²) in [6, 6.07) is 0. The van der Waals surface area contributed by atoms with Gasteiger partial charge in [-0.1, -0.05) is 0 Å². The number of H-pyrrole nitrogens is 2. The minimum absolute atomic E-state index is 0.170. The summed E-state index contributed by atoms with van der Waals surface area (Å²) in [6.45, 7) is -0.805. The molecule has 0 radical (unpaired) electrons. The molecule has 1 aliphatic rings. The maximum atomic E-state index is 11.6. The number of phosphoric acid groups is 1. The highest BCUT2D eigenvalue weighted by Crippen LogP contribution is 2.34. The van der Waals surface area contributed by atoms with E-state index in [1.807, 2.05) is 4.98 Å². The molecule has 1 aromatic rings. The molecule has 1 aromatic heterocycles. The molecule has 1 aliphatic heterocycles. The summed E-state index contributed by atoms with van der Waals surface area (Å²) < 4.78 is 19.5. The molecule has 0 amide bonds. The standard InChI is InChI=1S/C9H13N2O9P/c12-5-4(2-19-21(16,17)18)20-7(6(5)13)3-1-10-9(15)11-8(3)14/h1,4-7,12-13H,2H2,(H2,16,17,18)(H2,10,11,14,15)/p-2/t4-,5-,6-,7+/m1/s1. The summed E-state index contributed by atoms with van der Waals surface area (Å²) in [6.07, 6.45) is -4.78. The number of aromatic amines is 2. The van der Waals surface area contributed by atoms with Crippen LogP contribution in [-0.2, 0) is 13.8 Å². The molecule has 0 bridgehead atoms. The number of aromatic nitrogens is 2. The fraction of sp³-hybridized carbons (Fsp3) is 0.556. The van der Waals surface area contributed by atoms with Crippen LogP contribution in [0.3, 0.4) is 0 Å². The number of aliphatic hydroxyl groups is 2. The Morgan fingerprint density at radius 1 is 1.33 bits per heavy atom. The fourth-order valence-electron chi connectivity index (χ4n) is 1.94. The van der Waals surface area contributed by atoms with Gasteiger partial charge in [0.1, 0.15) is 24.4 Å². The Morgan fingerprint density at radius 2 is 2.00 bits per heavy atom. The van der Waals surface area contributed by atoms with Crippen molar-refractivity contribution in [1.29, 1.82) is 0 Å². The first-order valence-electron chi connectivity index (χ1n) is 5.69. The van der Waals surface area contributed by atoms with Gasteiger partial charge in [-0.2, -0.15) is 0 Å². The largest absolute Gasteiger partial charge is 0.790 e. The van der Waals surface area contributed by atoms with E-state index in [1.165, 1.54) is 0 Å². The first kappa shape index (κ1) is 16.0. The molecule has 1 saturated heterocycles. The molecule has 0 aromatic carbocycles. The lowest BCUT2D eigenvalue weighted by molar-refractivity contribution is -0.343. The number of ether oxygens (including phenoxy) is 1. The lowest BCUT2D eigenvalue weighted by Gasteiger charge is -2.30. The van der Waals surface area contributed by atoms with Gasteiger partial charge in [-0.15, -0.1) is 0 Å². The van der Waals surface area contributed by atoms with Crippen molar-refractivity contribution in [2.45, 2.75) is 24.4 Å². The number of hydrogen-bond acceptors (Lipinski definition) is 9. The zero-order valence-corrected chi connectivity index (χ0v) is 11.2. The average molecular weight is 322 g/mol. The molecule has 2 heterocycles. The lowest BCUT2D eigenvalue weighted by Crippen LogP contribution is -2.35. The van der Waals surface area contributed by atoms with Crippen LogP contribution in [0.5, 0.6) is 0 Å². The maximum Gasteiger partial charge on any atom is 0.325 e. The molecule has 0 aliphatic carbocycles. The highest BCUT2D eigenvalue weighted by Gasteiger charge is 2.44. The van der Waals surface area contributed by atoms with E-state index in [0.717, 1.165) is 6.20 Å². The number of phosphoric ester groups is 1. The number of rotatable bonds is 4.